The molecule has 24 heavy (non-hydrogen) atoms. The van der Waals surface area contributed by atoms with Crippen LogP contribution in [0.3, 0.4) is 0 Å². The molecule has 1 aromatic carbocycles. The van der Waals surface area contributed by atoms with Gasteiger partial charge in [0.1, 0.15) is 17.3 Å². The van der Waals surface area contributed by atoms with Gasteiger partial charge in [-0.25, -0.2) is 9.97 Å². The van der Waals surface area contributed by atoms with Crippen LogP contribution in [0.5, 0.6) is 5.75 Å². The lowest BCUT2D eigenvalue weighted by atomic mass is 10.2. The van der Waals surface area contributed by atoms with Gasteiger partial charge in [-0.3, -0.25) is 4.79 Å². The van der Waals surface area contributed by atoms with E-state index in [4.69, 9.17) is 9.47 Å². The van der Waals surface area contributed by atoms with Crippen LogP contribution >= 0.6 is 0 Å². The van der Waals surface area contributed by atoms with Crippen molar-refractivity contribution in [1.82, 2.24) is 15.3 Å². The standard InChI is InChI=1S/C17H22N4O3/c1-23-9-3-8-18-16-12-19-15(11-20-16)17(22)21-10-13-4-6-14(24-2)7-5-13/h4-7,11-12H,3,8-10H2,1-2H3,(H,18,20)(H,21,22). The van der Waals surface area contributed by atoms with E-state index in [1.165, 1.54) is 6.20 Å². The topological polar surface area (TPSA) is 85.4 Å². The lowest BCUT2D eigenvalue weighted by Gasteiger charge is -2.07. The summed E-state index contributed by atoms with van der Waals surface area (Å²) in [5.41, 5.74) is 1.26. The summed E-state index contributed by atoms with van der Waals surface area (Å²) in [6.07, 6.45) is 3.89. The predicted octanol–water partition coefficient (Wildman–Crippen LogP) is 1.86. The van der Waals surface area contributed by atoms with Gasteiger partial charge in [-0.15, -0.1) is 0 Å². The first-order chi connectivity index (χ1) is 11.7. The maximum atomic E-state index is 12.1. The van der Waals surface area contributed by atoms with Crippen molar-refractivity contribution < 1.29 is 14.3 Å². The third-order valence-electron chi connectivity index (χ3n) is 3.33. The molecule has 0 radical (unpaired) electrons. The number of aromatic nitrogens is 2. The number of nitrogens with zero attached hydrogens (tertiary/aromatic N) is 2. The Morgan fingerprint density at radius 2 is 1.92 bits per heavy atom. The number of anilines is 1. The van der Waals surface area contributed by atoms with E-state index in [1.807, 2.05) is 24.3 Å². The van der Waals surface area contributed by atoms with Crippen LogP contribution in [0.25, 0.3) is 0 Å². The normalized spacial score (nSPS) is 10.2. The fourth-order valence-electron chi connectivity index (χ4n) is 1.99. The Labute approximate surface area is 141 Å². The molecule has 0 aliphatic rings. The van der Waals surface area contributed by atoms with E-state index in [2.05, 4.69) is 20.6 Å². The summed E-state index contributed by atoms with van der Waals surface area (Å²) >= 11 is 0. The molecule has 1 heterocycles. The minimum absolute atomic E-state index is 0.260. The van der Waals surface area contributed by atoms with E-state index in [0.717, 1.165) is 24.3 Å². The lowest BCUT2D eigenvalue weighted by Crippen LogP contribution is -2.24. The minimum atomic E-state index is -0.260. The molecule has 1 amide bonds. The predicted molar refractivity (Wildman–Crippen MR) is 91.2 cm³/mol. The molecule has 0 spiro atoms. The summed E-state index contributed by atoms with van der Waals surface area (Å²) in [7, 11) is 3.28. The van der Waals surface area contributed by atoms with Crippen LogP contribution in [0.15, 0.2) is 36.7 Å². The van der Waals surface area contributed by atoms with Gasteiger partial charge in [0.05, 0.1) is 19.5 Å². The largest absolute Gasteiger partial charge is 0.497 e. The average molecular weight is 330 g/mol. The number of nitrogens with one attached hydrogen (secondary N) is 2. The molecule has 0 bridgehead atoms. The van der Waals surface area contributed by atoms with Crippen molar-refractivity contribution in [2.75, 3.05) is 32.7 Å². The van der Waals surface area contributed by atoms with Crippen LogP contribution in [0.4, 0.5) is 5.82 Å². The fourth-order valence-corrected chi connectivity index (χ4v) is 1.99. The van der Waals surface area contributed by atoms with Crippen LogP contribution in [0, 0.1) is 0 Å². The molecule has 0 saturated heterocycles. The Morgan fingerprint density at radius 3 is 2.54 bits per heavy atom. The number of amides is 1. The maximum absolute atomic E-state index is 12.1. The molecule has 0 aliphatic heterocycles. The van der Waals surface area contributed by atoms with Gasteiger partial charge < -0.3 is 20.1 Å². The summed E-state index contributed by atoms with van der Waals surface area (Å²) in [4.78, 5) is 20.4. The van der Waals surface area contributed by atoms with Crippen LogP contribution in [-0.4, -0.2) is 43.2 Å². The summed E-state index contributed by atoms with van der Waals surface area (Å²) in [5, 5.41) is 5.93. The van der Waals surface area contributed by atoms with E-state index in [1.54, 1.807) is 20.4 Å². The third kappa shape index (κ3) is 5.51. The molecule has 0 saturated carbocycles. The van der Waals surface area contributed by atoms with Crippen molar-refractivity contribution >= 4 is 11.7 Å². The molecule has 1 aromatic heterocycles. The second-order valence-corrected chi connectivity index (χ2v) is 5.09. The number of hydrogen-bond donors (Lipinski definition) is 2. The Balaban J connectivity index is 1.81. The van der Waals surface area contributed by atoms with Crippen molar-refractivity contribution in [2.45, 2.75) is 13.0 Å². The van der Waals surface area contributed by atoms with Gasteiger partial charge in [0, 0.05) is 26.8 Å². The Kier molecular flexibility index (Phi) is 6.97. The van der Waals surface area contributed by atoms with Gasteiger partial charge in [-0.1, -0.05) is 12.1 Å². The second kappa shape index (κ2) is 9.46. The van der Waals surface area contributed by atoms with Crippen LogP contribution in [0.2, 0.25) is 0 Å². The molecule has 2 rings (SSSR count). The summed E-state index contributed by atoms with van der Waals surface area (Å²) in [6, 6.07) is 7.51. The molecule has 0 unspecified atom stereocenters. The van der Waals surface area contributed by atoms with Gasteiger partial charge in [0.25, 0.3) is 5.91 Å². The molecule has 0 aliphatic carbocycles. The number of rotatable bonds is 9. The molecule has 7 heteroatoms. The van der Waals surface area contributed by atoms with Crippen molar-refractivity contribution in [3.63, 3.8) is 0 Å². The van der Waals surface area contributed by atoms with Crippen molar-refractivity contribution in [2.24, 2.45) is 0 Å². The van der Waals surface area contributed by atoms with E-state index < -0.39 is 0 Å². The SMILES string of the molecule is COCCCNc1cnc(C(=O)NCc2ccc(OC)cc2)cn1. The third-order valence-corrected chi connectivity index (χ3v) is 3.33. The highest BCUT2D eigenvalue weighted by atomic mass is 16.5. The number of carbonyl (C=O) groups excluding carboxylic acids is 1. The highest BCUT2D eigenvalue weighted by Gasteiger charge is 2.07. The van der Waals surface area contributed by atoms with Gasteiger partial charge in [-0.05, 0) is 24.1 Å². The Bertz CT molecular complexity index is 629. The molecule has 2 aromatic rings. The van der Waals surface area contributed by atoms with Crippen LogP contribution in [0.1, 0.15) is 22.5 Å². The first kappa shape index (κ1) is 17.7. The number of carbonyl (C=O) groups is 1. The van der Waals surface area contributed by atoms with Gasteiger partial charge in [0.2, 0.25) is 0 Å². The van der Waals surface area contributed by atoms with E-state index in [0.29, 0.717) is 19.0 Å². The molecule has 0 atom stereocenters. The summed E-state index contributed by atoms with van der Waals surface area (Å²) < 4.78 is 10.1. The van der Waals surface area contributed by atoms with Crippen LogP contribution < -0.4 is 15.4 Å². The first-order valence-electron chi connectivity index (χ1n) is 7.69. The van der Waals surface area contributed by atoms with Gasteiger partial charge >= 0.3 is 0 Å². The zero-order valence-corrected chi connectivity index (χ0v) is 13.9. The Hall–Kier alpha value is -2.67. The molecular weight excluding hydrogens is 308 g/mol. The van der Waals surface area contributed by atoms with Crippen molar-refractivity contribution in [3.8, 4) is 5.75 Å². The Morgan fingerprint density at radius 1 is 1.12 bits per heavy atom. The molecule has 128 valence electrons. The molecule has 7 nitrogen and oxygen atoms in total. The number of ether oxygens (including phenoxy) is 2. The molecular formula is C17H22N4O3. The average Bonchev–Trinajstić information content (AvgIpc) is 2.64. The highest BCUT2D eigenvalue weighted by molar-refractivity contribution is 5.91. The minimum Gasteiger partial charge on any atom is -0.497 e. The number of methoxy groups -OCH3 is 2. The first-order valence-corrected chi connectivity index (χ1v) is 7.69. The van der Waals surface area contributed by atoms with Gasteiger partial charge in [0.15, 0.2) is 0 Å². The zero-order valence-electron chi connectivity index (χ0n) is 13.9. The van der Waals surface area contributed by atoms with E-state index in [9.17, 15) is 4.79 Å². The smallest absolute Gasteiger partial charge is 0.271 e. The highest BCUT2D eigenvalue weighted by Crippen LogP contribution is 2.11. The molecule has 0 fully saturated rings. The number of benzene rings is 1. The zero-order chi connectivity index (χ0) is 17.2. The van der Waals surface area contributed by atoms with Gasteiger partial charge in [-0.2, -0.15) is 0 Å². The number of hydrogen-bond acceptors (Lipinski definition) is 6. The second-order valence-electron chi connectivity index (χ2n) is 5.09. The summed E-state index contributed by atoms with van der Waals surface area (Å²) in [5.74, 6) is 1.16. The maximum Gasteiger partial charge on any atom is 0.271 e. The quantitative estimate of drug-likeness (QED) is 0.683. The fraction of sp³-hybridized carbons (Fsp3) is 0.353. The van der Waals surface area contributed by atoms with Crippen molar-refractivity contribution in [3.05, 3.63) is 47.9 Å². The monoisotopic (exact) mass is 330 g/mol. The molecule has 2 N–H and O–H groups in total. The van der Waals surface area contributed by atoms with E-state index in [-0.39, 0.29) is 11.6 Å². The van der Waals surface area contributed by atoms with Crippen molar-refractivity contribution in [1.29, 1.82) is 0 Å². The van der Waals surface area contributed by atoms with E-state index >= 15 is 0 Å². The summed E-state index contributed by atoms with van der Waals surface area (Å²) in [6.45, 7) is 1.85. The lowest BCUT2D eigenvalue weighted by molar-refractivity contribution is 0.0945. The van der Waals surface area contributed by atoms with Crippen LogP contribution in [-0.2, 0) is 11.3 Å².